The summed E-state index contributed by atoms with van der Waals surface area (Å²) in [7, 11) is 0. The predicted octanol–water partition coefficient (Wildman–Crippen LogP) is 4.23. The number of hydrogen-bond donors (Lipinski definition) is 0. The second-order valence-corrected chi connectivity index (χ2v) is 4.09. The van der Waals surface area contributed by atoms with Crippen LogP contribution >= 0.6 is 11.6 Å². The average Bonchev–Trinajstić information content (AvgIpc) is 2.26. The van der Waals surface area contributed by atoms with Crippen LogP contribution in [-0.4, -0.2) is 4.98 Å². The third-order valence-corrected chi connectivity index (χ3v) is 2.82. The summed E-state index contributed by atoms with van der Waals surface area (Å²) in [6, 6.07) is 10.2. The molecular weight excluding hydrogens is 206 g/mol. The van der Waals surface area contributed by atoms with E-state index >= 15 is 0 Å². The van der Waals surface area contributed by atoms with Crippen LogP contribution in [0, 0.1) is 0 Å². The molecule has 2 heteroatoms. The normalized spacial score (nSPS) is 10.8. The molecule has 0 saturated carbocycles. The lowest BCUT2D eigenvalue weighted by molar-refractivity contribution is 0.778. The van der Waals surface area contributed by atoms with Gasteiger partial charge in [-0.05, 0) is 24.3 Å². The Hall–Kier alpha value is -1.08. The number of benzene rings is 1. The lowest BCUT2D eigenvalue weighted by atomic mass is 10.1. The third-order valence-electron chi connectivity index (χ3n) is 2.53. The first-order valence-corrected chi connectivity index (χ1v) is 5.73. The van der Waals surface area contributed by atoms with E-state index in [4.69, 9.17) is 11.6 Å². The highest BCUT2D eigenvalue weighted by Gasteiger charge is 2.02. The van der Waals surface area contributed by atoms with E-state index in [0.717, 1.165) is 17.5 Å². The number of pyridine rings is 1. The molecule has 0 fully saturated rings. The number of nitrogens with zero attached hydrogens (tertiary/aromatic N) is 1. The average molecular weight is 220 g/mol. The van der Waals surface area contributed by atoms with Crippen LogP contribution in [0.2, 0.25) is 5.15 Å². The van der Waals surface area contributed by atoms with E-state index in [0.29, 0.717) is 5.15 Å². The van der Waals surface area contributed by atoms with E-state index in [1.54, 1.807) is 0 Å². The van der Waals surface area contributed by atoms with Crippen molar-refractivity contribution in [2.24, 2.45) is 0 Å². The van der Waals surface area contributed by atoms with Gasteiger partial charge in [-0.25, -0.2) is 4.98 Å². The maximum absolute atomic E-state index is 6.13. The van der Waals surface area contributed by atoms with Crippen LogP contribution in [0.1, 0.15) is 25.5 Å². The Labute approximate surface area is 95.1 Å². The van der Waals surface area contributed by atoms with Crippen molar-refractivity contribution in [1.82, 2.24) is 4.98 Å². The SMILES string of the molecule is CCCCc1cc2ccccc2c(Cl)n1. The highest BCUT2D eigenvalue weighted by atomic mass is 35.5. The van der Waals surface area contributed by atoms with Crippen LogP contribution in [0.5, 0.6) is 0 Å². The fraction of sp³-hybridized carbons (Fsp3) is 0.308. The lowest BCUT2D eigenvalue weighted by Crippen LogP contribution is -1.91. The number of fused-ring (bicyclic) bond motifs is 1. The number of unbranched alkanes of at least 4 members (excludes halogenated alkanes) is 1. The molecule has 0 aliphatic rings. The highest BCUT2D eigenvalue weighted by Crippen LogP contribution is 2.22. The smallest absolute Gasteiger partial charge is 0.137 e. The van der Waals surface area contributed by atoms with Gasteiger partial charge in [-0.15, -0.1) is 0 Å². The summed E-state index contributed by atoms with van der Waals surface area (Å²) < 4.78 is 0. The summed E-state index contributed by atoms with van der Waals surface area (Å²) >= 11 is 6.13. The van der Waals surface area contributed by atoms with Crippen LogP contribution in [0.4, 0.5) is 0 Å². The Balaban J connectivity index is 2.43. The molecule has 0 aliphatic carbocycles. The van der Waals surface area contributed by atoms with Crippen molar-refractivity contribution in [3.8, 4) is 0 Å². The van der Waals surface area contributed by atoms with Crippen molar-refractivity contribution in [2.45, 2.75) is 26.2 Å². The minimum Gasteiger partial charge on any atom is -0.240 e. The van der Waals surface area contributed by atoms with E-state index in [2.05, 4.69) is 24.0 Å². The summed E-state index contributed by atoms with van der Waals surface area (Å²) in [6.45, 7) is 2.18. The van der Waals surface area contributed by atoms with Crippen molar-refractivity contribution >= 4 is 22.4 Å². The Morgan fingerprint density at radius 2 is 2.07 bits per heavy atom. The van der Waals surface area contributed by atoms with Crippen molar-refractivity contribution in [1.29, 1.82) is 0 Å². The Bertz CT molecular complexity index is 465. The van der Waals surface area contributed by atoms with Crippen LogP contribution < -0.4 is 0 Å². The maximum atomic E-state index is 6.13. The summed E-state index contributed by atoms with van der Waals surface area (Å²) in [5, 5.41) is 2.85. The molecular formula is C13H14ClN. The first-order chi connectivity index (χ1) is 7.31. The molecule has 0 amide bonds. The van der Waals surface area contributed by atoms with Crippen LogP contribution in [0.25, 0.3) is 10.8 Å². The van der Waals surface area contributed by atoms with E-state index < -0.39 is 0 Å². The molecule has 0 saturated heterocycles. The van der Waals surface area contributed by atoms with Gasteiger partial charge in [0.25, 0.3) is 0 Å². The molecule has 0 bridgehead atoms. The van der Waals surface area contributed by atoms with Crippen molar-refractivity contribution in [3.05, 3.63) is 41.2 Å². The van der Waals surface area contributed by atoms with E-state index in [-0.39, 0.29) is 0 Å². The van der Waals surface area contributed by atoms with Gasteiger partial charge in [0.05, 0.1) is 0 Å². The fourth-order valence-electron chi connectivity index (χ4n) is 1.69. The quantitative estimate of drug-likeness (QED) is 0.704. The zero-order chi connectivity index (χ0) is 10.7. The number of hydrogen-bond acceptors (Lipinski definition) is 1. The molecule has 1 aromatic heterocycles. The summed E-state index contributed by atoms with van der Waals surface area (Å²) in [6.07, 6.45) is 3.37. The molecule has 2 rings (SSSR count). The third kappa shape index (κ3) is 2.29. The minimum absolute atomic E-state index is 0.624. The van der Waals surface area contributed by atoms with Gasteiger partial charge in [0, 0.05) is 11.1 Å². The number of rotatable bonds is 3. The van der Waals surface area contributed by atoms with Gasteiger partial charge in [-0.2, -0.15) is 0 Å². The maximum Gasteiger partial charge on any atom is 0.137 e. The van der Waals surface area contributed by atoms with E-state index in [1.807, 2.05) is 18.2 Å². The second-order valence-electron chi connectivity index (χ2n) is 3.73. The van der Waals surface area contributed by atoms with Crippen molar-refractivity contribution < 1.29 is 0 Å². The summed E-state index contributed by atoms with van der Waals surface area (Å²) in [5.74, 6) is 0. The van der Waals surface area contributed by atoms with Gasteiger partial charge < -0.3 is 0 Å². The Morgan fingerprint density at radius 1 is 1.27 bits per heavy atom. The topological polar surface area (TPSA) is 12.9 Å². The van der Waals surface area contributed by atoms with Crippen LogP contribution in [0.3, 0.4) is 0 Å². The van der Waals surface area contributed by atoms with Crippen LogP contribution in [-0.2, 0) is 6.42 Å². The molecule has 0 unspecified atom stereocenters. The summed E-state index contributed by atoms with van der Waals surface area (Å²) in [4.78, 5) is 4.40. The van der Waals surface area contributed by atoms with Gasteiger partial charge >= 0.3 is 0 Å². The van der Waals surface area contributed by atoms with Gasteiger partial charge in [0.2, 0.25) is 0 Å². The van der Waals surface area contributed by atoms with Crippen molar-refractivity contribution in [2.75, 3.05) is 0 Å². The van der Waals surface area contributed by atoms with Gasteiger partial charge in [0.15, 0.2) is 0 Å². The second kappa shape index (κ2) is 4.63. The first kappa shape index (κ1) is 10.4. The molecule has 1 aromatic carbocycles. The molecule has 15 heavy (non-hydrogen) atoms. The molecule has 1 heterocycles. The lowest BCUT2D eigenvalue weighted by Gasteiger charge is -2.04. The number of aryl methyl sites for hydroxylation is 1. The molecule has 2 aromatic rings. The molecule has 0 aliphatic heterocycles. The zero-order valence-electron chi connectivity index (χ0n) is 8.83. The Morgan fingerprint density at radius 3 is 2.87 bits per heavy atom. The monoisotopic (exact) mass is 219 g/mol. The standard InChI is InChI=1S/C13H14ClN/c1-2-3-7-11-9-10-6-4-5-8-12(10)13(14)15-11/h4-6,8-9H,2-3,7H2,1H3. The zero-order valence-corrected chi connectivity index (χ0v) is 9.59. The van der Waals surface area contributed by atoms with E-state index in [1.165, 1.54) is 18.2 Å². The molecule has 0 atom stereocenters. The molecule has 0 radical (unpaired) electrons. The molecule has 78 valence electrons. The number of aromatic nitrogens is 1. The molecule has 1 nitrogen and oxygen atoms in total. The molecule has 0 spiro atoms. The predicted molar refractivity (Wildman–Crippen MR) is 65.4 cm³/mol. The summed E-state index contributed by atoms with van der Waals surface area (Å²) in [5.41, 5.74) is 1.10. The van der Waals surface area contributed by atoms with Gasteiger partial charge in [0.1, 0.15) is 5.15 Å². The van der Waals surface area contributed by atoms with Gasteiger partial charge in [-0.1, -0.05) is 49.2 Å². The minimum atomic E-state index is 0.624. The van der Waals surface area contributed by atoms with Crippen molar-refractivity contribution in [3.63, 3.8) is 0 Å². The van der Waals surface area contributed by atoms with Gasteiger partial charge in [-0.3, -0.25) is 0 Å². The first-order valence-electron chi connectivity index (χ1n) is 5.35. The molecule has 0 N–H and O–H groups in total. The van der Waals surface area contributed by atoms with E-state index in [9.17, 15) is 0 Å². The number of halogens is 1. The Kier molecular flexibility index (Phi) is 3.22. The fourth-order valence-corrected chi connectivity index (χ4v) is 1.98. The van der Waals surface area contributed by atoms with Crippen LogP contribution in [0.15, 0.2) is 30.3 Å². The largest absolute Gasteiger partial charge is 0.240 e. The highest BCUT2D eigenvalue weighted by molar-refractivity contribution is 6.34.